The van der Waals surface area contributed by atoms with Crippen LogP contribution < -0.4 is 4.74 Å². The van der Waals surface area contributed by atoms with E-state index in [0.29, 0.717) is 5.56 Å². The summed E-state index contributed by atoms with van der Waals surface area (Å²) in [6, 6.07) is 5.49. The third kappa shape index (κ3) is 1.86. The van der Waals surface area contributed by atoms with Crippen molar-refractivity contribution in [1.82, 2.24) is 0 Å². The Balaban J connectivity index is 2.48. The molecular weight excluding hydrogens is 212 g/mol. The molecule has 0 aliphatic rings. The molecule has 1 aromatic carbocycles. The van der Waals surface area contributed by atoms with Crippen molar-refractivity contribution >= 4 is 27.7 Å². The van der Waals surface area contributed by atoms with Crippen LogP contribution in [0.4, 0.5) is 0 Å². The molecule has 0 spiro atoms. The fourth-order valence-corrected chi connectivity index (χ4v) is 2.29. The van der Waals surface area contributed by atoms with Crippen LogP contribution in [0.2, 0.25) is 0 Å². The fraction of sp³-hybridized carbons (Fsp3) is 0.182. The molecule has 78 valence electrons. The van der Waals surface area contributed by atoms with Crippen LogP contribution in [0.25, 0.3) is 10.1 Å². The molecule has 0 unspecified atom stereocenters. The second-order valence-electron chi connectivity index (χ2n) is 2.99. The van der Waals surface area contributed by atoms with E-state index in [4.69, 9.17) is 9.47 Å². The summed E-state index contributed by atoms with van der Waals surface area (Å²) in [6.45, 7) is 0.214. The Bertz CT molecular complexity index is 476. The van der Waals surface area contributed by atoms with Crippen molar-refractivity contribution in [2.45, 2.75) is 0 Å². The second-order valence-corrected chi connectivity index (χ2v) is 3.90. The largest absolute Gasteiger partial charge is 0.467 e. The number of thiophene rings is 1. The van der Waals surface area contributed by atoms with Crippen molar-refractivity contribution in [3.8, 4) is 5.75 Å². The minimum atomic E-state index is 0.214. The molecular formula is C11H10O3S. The molecule has 0 amide bonds. The first kappa shape index (κ1) is 10.1. The molecule has 0 atom stereocenters. The Morgan fingerprint density at radius 3 is 3.00 bits per heavy atom. The molecule has 0 bridgehead atoms. The van der Waals surface area contributed by atoms with Gasteiger partial charge in [0.1, 0.15) is 5.75 Å². The number of fused-ring (bicyclic) bond motifs is 1. The number of carbonyl (C=O) groups is 1. The maximum absolute atomic E-state index is 10.8. The Morgan fingerprint density at radius 2 is 2.27 bits per heavy atom. The van der Waals surface area contributed by atoms with Crippen LogP contribution in [0.1, 0.15) is 10.4 Å². The van der Waals surface area contributed by atoms with Crippen LogP contribution >= 0.6 is 11.3 Å². The normalized spacial score (nSPS) is 10.5. The van der Waals surface area contributed by atoms with E-state index in [2.05, 4.69) is 0 Å². The number of carbonyl (C=O) groups excluding carboxylic acids is 1. The summed E-state index contributed by atoms with van der Waals surface area (Å²) in [6.07, 6.45) is 0.860. The number of aldehydes is 1. The standard InChI is InChI=1S/C11H10O3S/c1-13-7-14-10-3-2-8(6-12)11-9(10)4-5-15-11/h2-6H,7H2,1H3. The first-order valence-electron chi connectivity index (χ1n) is 4.44. The molecule has 0 aliphatic carbocycles. The van der Waals surface area contributed by atoms with E-state index in [0.717, 1.165) is 22.1 Å². The van der Waals surface area contributed by atoms with Crippen molar-refractivity contribution in [2.75, 3.05) is 13.9 Å². The first-order valence-corrected chi connectivity index (χ1v) is 5.32. The van der Waals surface area contributed by atoms with Gasteiger partial charge in [0.2, 0.25) is 0 Å². The topological polar surface area (TPSA) is 35.5 Å². The fourth-order valence-electron chi connectivity index (χ4n) is 1.40. The lowest BCUT2D eigenvalue weighted by molar-refractivity contribution is 0.0522. The highest BCUT2D eigenvalue weighted by molar-refractivity contribution is 7.17. The minimum Gasteiger partial charge on any atom is -0.467 e. The van der Waals surface area contributed by atoms with Crippen molar-refractivity contribution in [3.63, 3.8) is 0 Å². The summed E-state index contributed by atoms with van der Waals surface area (Å²) < 4.78 is 11.2. The van der Waals surface area contributed by atoms with Crippen LogP contribution in [-0.4, -0.2) is 20.2 Å². The lowest BCUT2D eigenvalue weighted by Gasteiger charge is -2.06. The van der Waals surface area contributed by atoms with Crippen LogP contribution in [0.15, 0.2) is 23.6 Å². The van der Waals surface area contributed by atoms with E-state index in [9.17, 15) is 4.79 Å². The maximum atomic E-state index is 10.8. The maximum Gasteiger partial charge on any atom is 0.188 e. The number of ether oxygens (including phenoxy) is 2. The van der Waals surface area contributed by atoms with E-state index in [1.807, 2.05) is 11.4 Å². The molecule has 0 aliphatic heterocycles. The predicted octanol–water partition coefficient (Wildman–Crippen LogP) is 2.70. The molecule has 4 heteroatoms. The highest BCUT2D eigenvalue weighted by atomic mass is 32.1. The van der Waals surface area contributed by atoms with Gasteiger partial charge in [-0.25, -0.2) is 0 Å². The van der Waals surface area contributed by atoms with Crippen molar-refractivity contribution < 1.29 is 14.3 Å². The summed E-state index contributed by atoms with van der Waals surface area (Å²) >= 11 is 1.53. The van der Waals surface area contributed by atoms with Gasteiger partial charge >= 0.3 is 0 Å². The molecule has 2 aromatic rings. The first-order chi connectivity index (χ1) is 7.36. The Hall–Kier alpha value is -1.39. The van der Waals surface area contributed by atoms with Gasteiger partial charge in [0.05, 0.1) is 0 Å². The molecule has 0 radical (unpaired) electrons. The number of rotatable bonds is 4. The van der Waals surface area contributed by atoms with Crippen LogP contribution in [-0.2, 0) is 4.74 Å². The number of benzene rings is 1. The van der Waals surface area contributed by atoms with Gasteiger partial charge < -0.3 is 9.47 Å². The zero-order valence-corrected chi connectivity index (χ0v) is 9.04. The third-order valence-corrected chi connectivity index (χ3v) is 3.03. The quantitative estimate of drug-likeness (QED) is 0.589. The van der Waals surface area contributed by atoms with Crippen molar-refractivity contribution in [3.05, 3.63) is 29.1 Å². The summed E-state index contributed by atoms with van der Waals surface area (Å²) in [5, 5.41) is 2.90. The molecule has 1 heterocycles. The van der Waals surface area contributed by atoms with Gasteiger partial charge in [0.25, 0.3) is 0 Å². The summed E-state index contributed by atoms with van der Waals surface area (Å²) in [4.78, 5) is 10.8. The van der Waals surface area contributed by atoms with Gasteiger partial charge in [-0.15, -0.1) is 11.3 Å². The van der Waals surface area contributed by atoms with Crippen LogP contribution in [0.3, 0.4) is 0 Å². The van der Waals surface area contributed by atoms with Gasteiger partial charge in [-0.2, -0.15) is 0 Å². The zero-order chi connectivity index (χ0) is 10.7. The molecule has 0 saturated heterocycles. The van der Waals surface area contributed by atoms with Crippen LogP contribution in [0, 0.1) is 0 Å². The van der Waals surface area contributed by atoms with E-state index in [1.165, 1.54) is 11.3 Å². The molecule has 15 heavy (non-hydrogen) atoms. The van der Waals surface area contributed by atoms with E-state index < -0.39 is 0 Å². The summed E-state index contributed by atoms with van der Waals surface area (Å²) in [5.41, 5.74) is 0.699. The highest BCUT2D eigenvalue weighted by Crippen LogP contribution is 2.32. The second kappa shape index (κ2) is 4.42. The number of methoxy groups -OCH3 is 1. The lowest BCUT2D eigenvalue weighted by Crippen LogP contribution is -1.99. The molecule has 1 aromatic heterocycles. The van der Waals surface area contributed by atoms with Gasteiger partial charge in [-0.1, -0.05) is 0 Å². The molecule has 2 rings (SSSR count). The van der Waals surface area contributed by atoms with Crippen molar-refractivity contribution in [2.24, 2.45) is 0 Å². The third-order valence-electron chi connectivity index (χ3n) is 2.07. The monoisotopic (exact) mass is 222 g/mol. The average molecular weight is 222 g/mol. The minimum absolute atomic E-state index is 0.214. The SMILES string of the molecule is COCOc1ccc(C=O)c2sccc12. The molecule has 0 saturated carbocycles. The molecule has 3 nitrogen and oxygen atoms in total. The number of hydrogen-bond acceptors (Lipinski definition) is 4. The van der Waals surface area contributed by atoms with Crippen molar-refractivity contribution in [1.29, 1.82) is 0 Å². The summed E-state index contributed by atoms with van der Waals surface area (Å²) in [5.74, 6) is 0.749. The molecule has 0 fully saturated rings. The smallest absolute Gasteiger partial charge is 0.188 e. The van der Waals surface area contributed by atoms with Crippen LogP contribution in [0.5, 0.6) is 5.75 Å². The van der Waals surface area contributed by atoms with E-state index in [1.54, 1.807) is 19.2 Å². The lowest BCUT2D eigenvalue weighted by atomic mass is 10.1. The van der Waals surface area contributed by atoms with Gasteiger partial charge in [0, 0.05) is 22.8 Å². The van der Waals surface area contributed by atoms with Gasteiger partial charge in [-0.05, 0) is 23.6 Å². The van der Waals surface area contributed by atoms with Gasteiger partial charge in [0.15, 0.2) is 13.1 Å². The Morgan fingerprint density at radius 1 is 1.40 bits per heavy atom. The highest BCUT2D eigenvalue weighted by Gasteiger charge is 2.07. The van der Waals surface area contributed by atoms with E-state index in [-0.39, 0.29) is 6.79 Å². The molecule has 0 N–H and O–H groups in total. The average Bonchev–Trinajstić information content (AvgIpc) is 2.74. The summed E-state index contributed by atoms with van der Waals surface area (Å²) in [7, 11) is 1.57. The Labute approximate surface area is 91.2 Å². The zero-order valence-electron chi connectivity index (χ0n) is 8.23. The Kier molecular flexibility index (Phi) is 2.99. The van der Waals surface area contributed by atoms with Gasteiger partial charge in [-0.3, -0.25) is 4.79 Å². The predicted molar refractivity (Wildman–Crippen MR) is 59.7 cm³/mol. The number of hydrogen-bond donors (Lipinski definition) is 0. The van der Waals surface area contributed by atoms with E-state index >= 15 is 0 Å².